The third-order valence-electron chi connectivity index (χ3n) is 2.71. The number of aliphatic carboxylic acids is 1. The molecule has 1 rings (SSSR count). The topological polar surface area (TPSA) is 89.9 Å². The Morgan fingerprint density at radius 3 is 2.37 bits per heavy atom. The lowest BCUT2D eigenvalue weighted by atomic mass is 10.2. The van der Waals surface area contributed by atoms with Crippen LogP contribution in [0, 0.1) is 0 Å². The molecule has 0 radical (unpaired) electrons. The minimum absolute atomic E-state index is 0.104. The van der Waals surface area contributed by atoms with Crippen LogP contribution in [0.1, 0.15) is 19.8 Å². The van der Waals surface area contributed by atoms with E-state index in [4.69, 9.17) is 10.2 Å². The van der Waals surface area contributed by atoms with E-state index in [0.717, 1.165) is 0 Å². The van der Waals surface area contributed by atoms with E-state index in [2.05, 4.69) is 5.32 Å². The van der Waals surface area contributed by atoms with Gasteiger partial charge in [0, 0.05) is 12.7 Å². The second-order valence-corrected chi connectivity index (χ2v) is 4.20. The highest BCUT2D eigenvalue weighted by molar-refractivity contribution is 5.94. The first-order chi connectivity index (χ1) is 8.95. The number of carboxylic acid groups (broad SMARTS) is 1. The maximum atomic E-state index is 11.9. The van der Waals surface area contributed by atoms with E-state index < -0.39 is 18.0 Å². The van der Waals surface area contributed by atoms with Crippen LogP contribution in [0.15, 0.2) is 24.3 Å². The van der Waals surface area contributed by atoms with Gasteiger partial charge in [-0.05, 0) is 30.7 Å². The van der Waals surface area contributed by atoms with Gasteiger partial charge in [0.1, 0.15) is 11.8 Å². The maximum Gasteiger partial charge on any atom is 0.326 e. The van der Waals surface area contributed by atoms with Crippen molar-refractivity contribution in [3.63, 3.8) is 0 Å². The van der Waals surface area contributed by atoms with Crippen molar-refractivity contribution < 1.29 is 19.8 Å². The van der Waals surface area contributed by atoms with Crippen LogP contribution in [0.5, 0.6) is 5.75 Å². The normalized spacial score (nSPS) is 11.7. The number of urea groups is 1. The van der Waals surface area contributed by atoms with Crippen LogP contribution in [-0.2, 0) is 4.79 Å². The predicted molar refractivity (Wildman–Crippen MR) is 71.4 cm³/mol. The van der Waals surface area contributed by atoms with Crippen molar-refractivity contribution >= 4 is 17.7 Å². The molecular weight excluding hydrogens is 248 g/mol. The van der Waals surface area contributed by atoms with Gasteiger partial charge in [-0.15, -0.1) is 0 Å². The molecule has 0 bridgehead atoms. The lowest BCUT2D eigenvalue weighted by molar-refractivity contribution is -0.139. The number of hydrogen-bond donors (Lipinski definition) is 3. The van der Waals surface area contributed by atoms with E-state index in [9.17, 15) is 9.59 Å². The Balaban J connectivity index is 2.71. The van der Waals surface area contributed by atoms with Crippen LogP contribution in [-0.4, -0.2) is 35.3 Å². The zero-order chi connectivity index (χ0) is 14.4. The van der Waals surface area contributed by atoms with Gasteiger partial charge in [0.25, 0.3) is 0 Å². The minimum atomic E-state index is -1.05. The second-order valence-electron chi connectivity index (χ2n) is 4.20. The summed E-state index contributed by atoms with van der Waals surface area (Å²) >= 11 is 0. The number of anilines is 1. The fraction of sp³-hybridized carbons (Fsp3) is 0.385. The predicted octanol–water partition coefficient (Wildman–Crippen LogP) is 1.79. The van der Waals surface area contributed by atoms with Crippen molar-refractivity contribution in [3.8, 4) is 5.75 Å². The smallest absolute Gasteiger partial charge is 0.326 e. The Kier molecular flexibility index (Phi) is 5.17. The molecule has 0 aliphatic carbocycles. The molecule has 104 valence electrons. The number of carbonyl (C=O) groups excluding carboxylic acids is 1. The first kappa shape index (κ1) is 14.8. The summed E-state index contributed by atoms with van der Waals surface area (Å²) in [6, 6.07) is 4.68. The SMILES string of the molecule is CCC[C@@H](NC(=O)N(C)c1ccc(O)cc1)C(=O)O. The van der Waals surface area contributed by atoms with Gasteiger partial charge in [-0.2, -0.15) is 0 Å². The van der Waals surface area contributed by atoms with Crippen molar-refractivity contribution in [2.75, 3.05) is 11.9 Å². The van der Waals surface area contributed by atoms with Gasteiger partial charge < -0.3 is 15.5 Å². The van der Waals surface area contributed by atoms with Gasteiger partial charge in [0.15, 0.2) is 0 Å². The standard InChI is InChI=1S/C13H18N2O4/c1-3-4-11(12(17)18)14-13(19)15(2)9-5-7-10(16)8-6-9/h5-8,11,16H,3-4H2,1-2H3,(H,14,19)(H,17,18)/t11-/m1/s1. The molecule has 19 heavy (non-hydrogen) atoms. The Morgan fingerprint density at radius 2 is 1.89 bits per heavy atom. The molecule has 6 nitrogen and oxygen atoms in total. The average molecular weight is 266 g/mol. The summed E-state index contributed by atoms with van der Waals surface area (Å²) in [4.78, 5) is 24.2. The fourth-order valence-electron chi connectivity index (χ4n) is 1.59. The van der Waals surface area contributed by atoms with Crippen LogP contribution in [0.3, 0.4) is 0 Å². The number of aromatic hydroxyl groups is 1. The summed E-state index contributed by atoms with van der Waals surface area (Å²) in [7, 11) is 1.53. The number of benzene rings is 1. The van der Waals surface area contributed by atoms with Crippen molar-refractivity contribution in [1.82, 2.24) is 5.32 Å². The van der Waals surface area contributed by atoms with E-state index in [1.165, 1.54) is 24.1 Å². The van der Waals surface area contributed by atoms with Crippen LogP contribution >= 0.6 is 0 Å². The zero-order valence-corrected chi connectivity index (χ0v) is 11.0. The number of rotatable bonds is 5. The summed E-state index contributed by atoms with van der Waals surface area (Å²) in [5, 5.41) is 20.6. The van der Waals surface area contributed by atoms with Gasteiger partial charge >= 0.3 is 12.0 Å². The number of hydrogen-bond acceptors (Lipinski definition) is 3. The molecule has 0 aromatic heterocycles. The van der Waals surface area contributed by atoms with Gasteiger partial charge in [0.05, 0.1) is 0 Å². The first-order valence-corrected chi connectivity index (χ1v) is 6.01. The third kappa shape index (κ3) is 4.17. The van der Waals surface area contributed by atoms with Gasteiger partial charge in [-0.3, -0.25) is 4.90 Å². The lowest BCUT2D eigenvalue weighted by Crippen LogP contribution is -2.46. The summed E-state index contributed by atoms with van der Waals surface area (Å²) in [5.41, 5.74) is 0.566. The second kappa shape index (κ2) is 6.63. The Hall–Kier alpha value is -2.24. The highest BCUT2D eigenvalue weighted by atomic mass is 16.4. The summed E-state index contributed by atoms with van der Waals surface area (Å²) < 4.78 is 0. The van der Waals surface area contributed by atoms with E-state index in [1.54, 1.807) is 12.1 Å². The van der Waals surface area contributed by atoms with Crippen LogP contribution < -0.4 is 10.2 Å². The van der Waals surface area contributed by atoms with E-state index in [-0.39, 0.29) is 5.75 Å². The van der Waals surface area contributed by atoms with Crippen LogP contribution in [0.25, 0.3) is 0 Å². The van der Waals surface area contributed by atoms with E-state index in [0.29, 0.717) is 18.5 Å². The molecule has 1 aromatic carbocycles. The highest BCUT2D eigenvalue weighted by Crippen LogP contribution is 2.17. The minimum Gasteiger partial charge on any atom is -0.508 e. The number of nitrogens with zero attached hydrogens (tertiary/aromatic N) is 1. The molecular formula is C13H18N2O4. The molecule has 0 aliphatic heterocycles. The van der Waals surface area contributed by atoms with E-state index in [1.807, 2.05) is 6.92 Å². The quantitative estimate of drug-likeness (QED) is 0.758. The number of carboxylic acids is 1. The zero-order valence-electron chi connectivity index (χ0n) is 11.0. The van der Waals surface area contributed by atoms with Gasteiger partial charge in [-0.25, -0.2) is 9.59 Å². The summed E-state index contributed by atoms with van der Waals surface area (Å²) in [5.74, 6) is -0.943. The molecule has 0 fully saturated rings. The molecule has 0 unspecified atom stereocenters. The average Bonchev–Trinajstić information content (AvgIpc) is 2.38. The Labute approximate surface area is 111 Å². The molecule has 0 saturated heterocycles. The molecule has 0 saturated carbocycles. The largest absolute Gasteiger partial charge is 0.508 e. The van der Waals surface area contributed by atoms with Crippen LogP contribution in [0.4, 0.5) is 10.5 Å². The summed E-state index contributed by atoms with van der Waals surface area (Å²) in [6.07, 6.45) is 1.05. The van der Waals surface area contributed by atoms with Gasteiger partial charge in [-0.1, -0.05) is 13.3 Å². The van der Waals surface area contributed by atoms with Crippen molar-refractivity contribution in [3.05, 3.63) is 24.3 Å². The molecule has 1 aromatic rings. The lowest BCUT2D eigenvalue weighted by Gasteiger charge is -2.21. The molecule has 6 heteroatoms. The maximum absolute atomic E-state index is 11.9. The Morgan fingerprint density at radius 1 is 1.32 bits per heavy atom. The molecule has 1 atom stereocenters. The van der Waals surface area contributed by atoms with Crippen molar-refractivity contribution in [1.29, 1.82) is 0 Å². The summed E-state index contributed by atoms with van der Waals surface area (Å²) in [6.45, 7) is 1.85. The third-order valence-corrected chi connectivity index (χ3v) is 2.71. The van der Waals surface area contributed by atoms with Gasteiger partial charge in [0.2, 0.25) is 0 Å². The first-order valence-electron chi connectivity index (χ1n) is 6.01. The molecule has 0 aliphatic rings. The fourth-order valence-corrected chi connectivity index (χ4v) is 1.59. The molecule has 3 N–H and O–H groups in total. The number of phenols is 1. The number of amides is 2. The number of phenolic OH excluding ortho intramolecular Hbond substituents is 1. The number of carbonyl (C=O) groups is 2. The molecule has 2 amide bonds. The van der Waals surface area contributed by atoms with Crippen molar-refractivity contribution in [2.24, 2.45) is 0 Å². The van der Waals surface area contributed by atoms with Crippen LogP contribution in [0.2, 0.25) is 0 Å². The highest BCUT2D eigenvalue weighted by Gasteiger charge is 2.21. The number of nitrogens with one attached hydrogen (secondary N) is 1. The molecule has 0 heterocycles. The molecule has 0 spiro atoms. The monoisotopic (exact) mass is 266 g/mol. The van der Waals surface area contributed by atoms with E-state index >= 15 is 0 Å². The Bertz CT molecular complexity index is 444. The van der Waals surface area contributed by atoms with Crippen molar-refractivity contribution in [2.45, 2.75) is 25.8 Å².